The van der Waals surface area contributed by atoms with Crippen LogP contribution in [0.25, 0.3) is 0 Å². The van der Waals surface area contributed by atoms with Crippen LogP contribution < -0.4 is 4.74 Å². The van der Waals surface area contributed by atoms with Crippen molar-refractivity contribution in [2.75, 3.05) is 0 Å². The Bertz CT molecular complexity index is 1120. The maximum absolute atomic E-state index is 12.8. The first-order valence-corrected chi connectivity index (χ1v) is 10.5. The minimum absolute atomic E-state index is 0.115. The molecule has 0 spiro atoms. The minimum Gasteiger partial charge on any atom is -0.422 e. The quantitative estimate of drug-likeness (QED) is 0.239. The Kier molecular flexibility index (Phi) is 4.74. The van der Waals surface area contributed by atoms with Crippen molar-refractivity contribution in [3.63, 3.8) is 0 Å². The summed E-state index contributed by atoms with van der Waals surface area (Å²) in [6.45, 7) is 1.93. The molecule has 1 heterocycles. The van der Waals surface area contributed by atoms with Crippen molar-refractivity contribution in [2.24, 2.45) is 28.8 Å². The molecule has 6 nitrogen and oxygen atoms in total. The van der Waals surface area contributed by atoms with E-state index in [0.717, 1.165) is 17.0 Å². The van der Waals surface area contributed by atoms with Gasteiger partial charge in [-0.25, -0.2) is 4.79 Å². The number of hydrazone groups is 1. The summed E-state index contributed by atoms with van der Waals surface area (Å²) in [6.07, 6.45) is 6.27. The second kappa shape index (κ2) is 7.46. The molecule has 1 saturated heterocycles. The van der Waals surface area contributed by atoms with Gasteiger partial charge in [-0.05, 0) is 55.5 Å². The lowest BCUT2D eigenvalue weighted by Crippen LogP contribution is -2.28. The van der Waals surface area contributed by atoms with E-state index in [4.69, 9.17) is 16.3 Å². The number of hydrogen-bond donors (Lipinski definition) is 0. The number of fused-ring (bicyclic) bond motifs is 5. The molecule has 156 valence electrons. The molecule has 0 unspecified atom stereocenters. The largest absolute Gasteiger partial charge is 0.422 e. The van der Waals surface area contributed by atoms with E-state index in [1.165, 1.54) is 6.21 Å². The number of allylic oxidation sites excluding steroid dienone is 2. The Labute approximate surface area is 184 Å². The maximum Gasteiger partial charge on any atom is 0.343 e. The first-order valence-electron chi connectivity index (χ1n) is 10.1. The Hall–Kier alpha value is -3.25. The molecule has 5 rings (SSSR count). The molecule has 2 aliphatic carbocycles. The molecule has 0 N–H and O–H groups in total. The molecular weight excluding hydrogens is 416 g/mol. The molecular formula is C24H19ClN2O4. The number of benzene rings is 2. The Morgan fingerprint density at radius 1 is 1.06 bits per heavy atom. The van der Waals surface area contributed by atoms with Crippen LogP contribution >= 0.6 is 11.6 Å². The van der Waals surface area contributed by atoms with E-state index >= 15 is 0 Å². The van der Waals surface area contributed by atoms with Crippen molar-refractivity contribution in [1.29, 1.82) is 0 Å². The molecule has 4 atom stereocenters. The molecule has 2 aromatic rings. The van der Waals surface area contributed by atoms with Gasteiger partial charge >= 0.3 is 5.97 Å². The Morgan fingerprint density at radius 2 is 1.71 bits per heavy atom. The van der Waals surface area contributed by atoms with Gasteiger partial charge < -0.3 is 4.74 Å². The number of esters is 1. The van der Waals surface area contributed by atoms with Crippen LogP contribution in [0.1, 0.15) is 27.9 Å². The van der Waals surface area contributed by atoms with Crippen molar-refractivity contribution in [3.05, 3.63) is 76.3 Å². The van der Waals surface area contributed by atoms with Gasteiger partial charge in [-0.3, -0.25) is 9.59 Å². The van der Waals surface area contributed by atoms with Crippen molar-refractivity contribution >= 4 is 35.6 Å². The van der Waals surface area contributed by atoms with E-state index in [0.29, 0.717) is 16.1 Å². The fourth-order valence-electron chi connectivity index (χ4n) is 4.68. The van der Waals surface area contributed by atoms with Crippen LogP contribution in [0.5, 0.6) is 5.75 Å². The highest BCUT2D eigenvalue weighted by Gasteiger charge is 2.59. The molecule has 2 amide bonds. The van der Waals surface area contributed by atoms with Gasteiger partial charge in [0, 0.05) is 10.6 Å². The second-order valence-electron chi connectivity index (χ2n) is 8.17. The van der Waals surface area contributed by atoms with Crippen LogP contribution in [-0.2, 0) is 9.59 Å². The smallest absolute Gasteiger partial charge is 0.343 e. The highest BCUT2D eigenvalue weighted by Crippen LogP contribution is 2.52. The fraction of sp³-hybridized carbons (Fsp3) is 0.250. The number of rotatable bonds is 4. The first kappa shape index (κ1) is 19.7. The zero-order valence-corrected chi connectivity index (χ0v) is 17.5. The lowest BCUT2D eigenvalue weighted by Gasteiger charge is -2.13. The van der Waals surface area contributed by atoms with Gasteiger partial charge in [0.15, 0.2) is 0 Å². The zero-order chi connectivity index (χ0) is 21.7. The third-order valence-electron chi connectivity index (χ3n) is 6.22. The van der Waals surface area contributed by atoms with Gasteiger partial charge in [-0.15, -0.1) is 0 Å². The van der Waals surface area contributed by atoms with Crippen molar-refractivity contribution < 1.29 is 19.1 Å². The summed E-state index contributed by atoms with van der Waals surface area (Å²) < 4.78 is 5.53. The van der Waals surface area contributed by atoms with Gasteiger partial charge in [-0.2, -0.15) is 10.1 Å². The summed E-state index contributed by atoms with van der Waals surface area (Å²) in [7, 11) is 0. The molecule has 2 fully saturated rings. The van der Waals surface area contributed by atoms with Crippen LogP contribution in [0.15, 0.2) is 59.7 Å². The number of aryl methyl sites for hydroxylation is 1. The van der Waals surface area contributed by atoms with Gasteiger partial charge in [-0.1, -0.05) is 41.4 Å². The molecule has 2 aromatic carbocycles. The van der Waals surface area contributed by atoms with E-state index in [1.807, 2.05) is 31.2 Å². The van der Waals surface area contributed by atoms with Crippen LogP contribution in [0.4, 0.5) is 0 Å². The molecule has 1 saturated carbocycles. The van der Waals surface area contributed by atoms with Crippen LogP contribution in [-0.4, -0.2) is 29.0 Å². The normalized spacial score (nSPS) is 26.2. The number of imide groups is 1. The average molecular weight is 435 g/mol. The number of hydrogen-bond acceptors (Lipinski definition) is 5. The summed E-state index contributed by atoms with van der Waals surface area (Å²) >= 11 is 6.11. The summed E-state index contributed by atoms with van der Waals surface area (Å²) in [5.74, 6) is -1.25. The third-order valence-corrected chi connectivity index (χ3v) is 6.46. The number of ether oxygens (including phenoxy) is 1. The molecule has 7 heteroatoms. The second-order valence-corrected chi connectivity index (χ2v) is 8.61. The number of halogens is 1. The fourth-order valence-corrected chi connectivity index (χ4v) is 4.86. The van der Waals surface area contributed by atoms with E-state index in [2.05, 4.69) is 5.10 Å². The predicted octanol–water partition coefficient (Wildman–Crippen LogP) is 4.01. The molecule has 2 bridgehead atoms. The summed E-state index contributed by atoms with van der Waals surface area (Å²) in [4.78, 5) is 38.1. The van der Waals surface area contributed by atoms with Gasteiger partial charge in [0.25, 0.3) is 11.8 Å². The maximum atomic E-state index is 12.8. The summed E-state index contributed by atoms with van der Waals surface area (Å²) in [5.41, 5.74) is 1.83. The first-order chi connectivity index (χ1) is 14.9. The topological polar surface area (TPSA) is 76.0 Å². The van der Waals surface area contributed by atoms with Crippen LogP contribution in [0.3, 0.4) is 0 Å². The van der Waals surface area contributed by atoms with Crippen molar-refractivity contribution in [2.45, 2.75) is 13.3 Å². The van der Waals surface area contributed by atoms with E-state index in [9.17, 15) is 14.4 Å². The average Bonchev–Trinajstić information content (AvgIpc) is 3.43. The molecule has 0 aromatic heterocycles. The molecule has 0 radical (unpaired) electrons. The predicted molar refractivity (Wildman–Crippen MR) is 115 cm³/mol. The van der Waals surface area contributed by atoms with E-state index < -0.39 is 5.97 Å². The summed E-state index contributed by atoms with van der Waals surface area (Å²) in [5, 5.41) is 5.52. The lowest BCUT2D eigenvalue weighted by atomic mass is 9.85. The third kappa shape index (κ3) is 3.37. The van der Waals surface area contributed by atoms with Crippen LogP contribution in [0.2, 0.25) is 5.02 Å². The van der Waals surface area contributed by atoms with Gasteiger partial charge in [0.1, 0.15) is 5.75 Å². The van der Waals surface area contributed by atoms with Crippen molar-refractivity contribution in [3.8, 4) is 5.75 Å². The van der Waals surface area contributed by atoms with Gasteiger partial charge in [0.2, 0.25) is 0 Å². The van der Waals surface area contributed by atoms with Crippen LogP contribution in [0, 0.1) is 30.6 Å². The van der Waals surface area contributed by atoms with E-state index in [-0.39, 0.29) is 41.2 Å². The minimum atomic E-state index is -0.525. The highest BCUT2D eigenvalue weighted by molar-refractivity contribution is 6.31. The molecule has 1 aliphatic heterocycles. The molecule has 31 heavy (non-hydrogen) atoms. The Morgan fingerprint density at radius 3 is 2.35 bits per heavy atom. The number of carbonyl (C=O) groups is 3. The van der Waals surface area contributed by atoms with E-state index in [1.54, 1.807) is 30.3 Å². The Balaban J connectivity index is 1.38. The van der Waals surface area contributed by atoms with Gasteiger partial charge in [0.05, 0.1) is 23.6 Å². The monoisotopic (exact) mass is 434 g/mol. The molecule has 3 aliphatic rings. The summed E-state index contributed by atoms with van der Waals surface area (Å²) in [6, 6.07) is 11.7. The number of amides is 2. The number of nitrogens with zero attached hydrogens (tertiary/aromatic N) is 2. The van der Waals surface area contributed by atoms with Crippen molar-refractivity contribution in [1.82, 2.24) is 5.01 Å². The number of carbonyl (C=O) groups excluding carboxylic acids is 3. The highest BCUT2D eigenvalue weighted by atomic mass is 35.5. The lowest BCUT2D eigenvalue weighted by molar-refractivity contribution is -0.140. The zero-order valence-electron chi connectivity index (χ0n) is 16.7. The SMILES string of the molecule is Cc1ccc(C(=O)Oc2ccc(Cl)cc2C=NN2C(=O)[C@@H]3[C@H](C2=O)[C@H]2C=C[C@H]3C2)cc1. The standard InChI is InChI=1S/C24H19ClN2O4/c1-13-2-4-14(5-3-13)24(30)31-19-9-8-18(25)11-17(19)12-26-27-22(28)20-15-6-7-16(10-15)21(20)23(27)29/h2-9,11-12,15-16,20-21H,10H2,1H3/t15-,16-,20-,21+/m0/s1.